The summed E-state index contributed by atoms with van der Waals surface area (Å²) in [6, 6.07) is 50.7. The van der Waals surface area contributed by atoms with Crippen molar-refractivity contribution in [2.75, 3.05) is 5.75 Å². The van der Waals surface area contributed by atoms with E-state index in [1.165, 1.54) is 11.8 Å². The highest BCUT2D eigenvalue weighted by molar-refractivity contribution is 7.99. The predicted octanol–water partition coefficient (Wildman–Crippen LogP) is 11.8. The van der Waals surface area contributed by atoms with Crippen LogP contribution in [0.1, 0.15) is 0 Å². The zero-order valence-electron chi connectivity index (χ0n) is 35.6. The molecule has 12 rings (SSSR count). The van der Waals surface area contributed by atoms with E-state index in [1.807, 2.05) is 164 Å². The number of carboxylic acids is 1. The van der Waals surface area contributed by atoms with Gasteiger partial charge in [0, 0.05) is 54.4 Å². The van der Waals surface area contributed by atoms with Gasteiger partial charge in [0.2, 0.25) is 0 Å². The molecule has 15 heteroatoms. The molecule has 5 N–H and O–H groups in total. The van der Waals surface area contributed by atoms with Gasteiger partial charge in [-0.15, -0.1) is 11.8 Å². The maximum Gasteiger partial charge on any atom is 0.321 e. The number of H-pyrrole nitrogens is 2. The average Bonchev–Trinajstić information content (AvgIpc) is 4.09. The maximum absolute atomic E-state index is 11.6. The normalized spacial score (nSPS) is 12.1. The van der Waals surface area contributed by atoms with Crippen LogP contribution in [0.15, 0.2) is 169 Å². The number of para-hydroxylation sites is 3. The molecular weight excluding hydrogens is 875 g/mol. The molecule has 0 amide bonds. The van der Waals surface area contributed by atoms with Gasteiger partial charge in [-0.2, -0.15) is 0 Å². The highest BCUT2D eigenvalue weighted by Crippen LogP contribution is 2.41. The molecule has 0 fully saturated rings. The number of benzene rings is 7. The van der Waals surface area contributed by atoms with E-state index in [0.29, 0.717) is 91.5 Å². The summed E-state index contributed by atoms with van der Waals surface area (Å²) in [5.74, 6) is 4.55. The Kier molecular flexibility index (Phi) is 10.0. The first kappa shape index (κ1) is 40.6. The third kappa shape index (κ3) is 7.76. The molecule has 0 spiro atoms. The Morgan fingerprint density at radius 3 is 1.32 bits per heavy atom. The summed E-state index contributed by atoms with van der Waals surface area (Å²) in [4.78, 5) is 50.5. The van der Waals surface area contributed by atoms with Crippen LogP contribution in [0.5, 0.6) is 34.5 Å². The van der Waals surface area contributed by atoms with Crippen molar-refractivity contribution in [3.05, 3.63) is 164 Å². The maximum atomic E-state index is 11.6. The Balaban J connectivity index is 1.13. The zero-order valence-corrected chi connectivity index (χ0v) is 36.4. The largest absolute Gasteiger partial charge is 0.480 e. The third-order valence-corrected chi connectivity index (χ3v) is 12.5. The van der Waals surface area contributed by atoms with Crippen molar-refractivity contribution >= 4 is 61.9 Å². The number of hydrogen-bond donors (Lipinski definition) is 4. The number of fused-ring (bicyclic) bond motifs is 20. The number of aromatic nitrogens is 8. The molecule has 5 heterocycles. The molecule has 7 aromatic carbocycles. The summed E-state index contributed by atoms with van der Waals surface area (Å²) in [6.45, 7) is 0. The molecular formula is C53H35N9O5S. The summed E-state index contributed by atoms with van der Waals surface area (Å²) in [6.07, 6.45) is 0. The molecule has 2 aliphatic rings. The molecule has 0 saturated carbocycles. The summed E-state index contributed by atoms with van der Waals surface area (Å²) in [5, 5.41) is 12.5. The van der Waals surface area contributed by atoms with Gasteiger partial charge in [0.15, 0.2) is 23.3 Å². The van der Waals surface area contributed by atoms with Crippen LogP contribution in [0, 0.1) is 0 Å². The number of rotatable bonds is 10. The average molecular weight is 910 g/mol. The van der Waals surface area contributed by atoms with Crippen LogP contribution in [0.25, 0.3) is 89.7 Å². The lowest BCUT2D eigenvalue weighted by molar-refractivity contribution is -0.137. The number of carbonyl (C=O) groups is 1. The lowest BCUT2D eigenvalue weighted by Crippen LogP contribution is -2.32. The monoisotopic (exact) mass is 909 g/mol. The van der Waals surface area contributed by atoms with E-state index in [4.69, 9.17) is 49.8 Å². The summed E-state index contributed by atoms with van der Waals surface area (Å²) in [5.41, 5.74) is 10.7. The van der Waals surface area contributed by atoms with Gasteiger partial charge in [-0.25, -0.2) is 29.9 Å². The summed E-state index contributed by atoms with van der Waals surface area (Å²) < 4.78 is 18.9. The van der Waals surface area contributed by atoms with E-state index in [-0.39, 0.29) is 5.75 Å². The van der Waals surface area contributed by atoms with Crippen LogP contribution in [0.3, 0.4) is 0 Å². The van der Waals surface area contributed by atoms with Crippen molar-refractivity contribution in [2.24, 2.45) is 5.73 Å². The van der Waals surface area contributed by atoms with Crippen LogP contribution in [-0.4, -0.2) is 62.7 Å². The van der Waals surface area contributed by atoms with Crippen molar-refractivity contribution in [1.82, 2.24) is 39.9 Å². The molecule has 0 aliphatic carbocycles. The molecule has 8 bridgehead atoms. The van der Waals surface area contributed by atoms with Gasteiger partial charge in [0.25, 0.3) is 0 Å². The predicted molar refractivity (Wildman–Crippen MR) is 262 cm³/mol. The number of carboxylic acid groups (broad SMARTS) is 1. The standard InChI is InChI=1S/C53H35N9O5S/c54-44(53(63)64)28-68-35-19-23-39-43(27-35)52-61-47-38-22-18-34(67-31-14-8-3-9-15-31)26-42(38)50(59-47)57-45-36-20-16-32(65-29-10-4-1-5-11-29)24-40(36)49(55-45)56-46-37-21-17-33(66-30-12-6-2-7-13-30)25-41(37)51(58-46)60-48(39)62-52/h1-27,44H,28,54H2,(H,63,64)(H2,55,56,57,58,59,60,61,62). The van der Waals surface area contributed by atoms with Crippen molar-refractivity contribution < 1.29 is 24.1 Å². The Morgan fingerprint density at radius 1 is 0.456 bits per heavy atom. The molecule has 1 atom stereocenters. The van der Waals surface area contributed by atoms with Gasteiger partial charge in [0.1, 0.15) is 63.1 Å². The van der Waals surface area contributed by atoms with Crippen molar-refractivity contribution in [1.29, 1.82) is 0 Å². The minimum Gasteiger partial charge on any atom is -0.480 e. The van der Waals surface area contributed by atoms with Crippen molar-refractivity contribution in [3.63, 3.8) is 0 Å². The quantitative estimate of drug-likeness (QED) is 0.0946. The lowest BCUT2D eigenvalue weighted by Gasteiger charge is -2.07. The molecule has 2 aliphatic heterocycles. The lowest BCUT2D eigenvalue weighted by atomic mass is 10.1. The number of aromatic amines is 2. The van der Waals surface area contributed by atoms with E-state index in [9.17, 15) is 9.90 Å². The Bertz CT molecular complexity index is 3750. The highest BCUT2D eigenvalue weighted by atomic mass is 32.2. The van der Waals surface area contributed by atoms with Crippen molar-refractivity contribution in [2.45, 2.75) is 10.9 Å². The topological polar surface area (TPSA) is 200 Å². The van der Waals surface area contributed by atoms with Crippen LogP contribution in [-0.2, 0) is 4.79 Å². The summed E-state index contributed by atoms with van der Waals surface area (Å²) >= 11 is 1.34. The number of ether oxygens (including phenoxy) is 3. The Morgan fingerprint density at radius 2 is 0.853 bits per heavy atom. The fourth-order valence-corrected chi connectivity index (χ4v) is 9.00. The zero-order chi connectivity index (χ0) is 45.7. The molecule has 0 radical (unpaired) electrons. The van der Waals surface area contributed by atoms with Gasteiger partial charge >= 0.3 is 5.97 Å². The second-order valence-corrected chi connectivity index (χ2v) is 17.0. The van der Waals surface area contributed by atoms with Gasteiger partial charge in [0.05, 0.1) is 0 Å². The smallest absolute Gasteiger partial charge is 0.321 e. The second kappa shape index (κ2) is 16.8. The van der Waals surface area contributed by atoms with Crippen molar-refractivity contribution in [3.8, 4) is 80.0 Å². The highest BCUT2D eigenvalue weighted by Gasteiger charge is 2.24. The molecule has 10 aromatic rings. The molecule has 3 aromatic heterocycles. The third-order valence-electron chi connectivity index (χ3n) is 11.4. The number of nitrogens with two attached hydrogens (primary N) is 1. The SMILES string of the molecule is NC(CSc1ccc2c(c1)-c1nc-2nc2[nH]c(nc3nc(nc4[nH]c(n1)c1ccc(Oc5ccccc5)cc41)-c1ccc(Oc4ccccc4)cc1-3)c1ccc(Oc3ccccc3)cc21)C(=O)O. The fraction of sp³-hybridized carbons (Fsp3) is 0.0377. The summed E-state index contributed by atoms with van der Waals surface area (Å²) in [7, 11) is 0. The Labute approximate surface area is 390 Å². The van der Waals surface area contributed by atoms with Gasteiger partial charge in [-0.3, -0.25) is 4.79 Å². The first-order chi connectivity index (χ1) is 33.3. The number of nitrogens with one attached hydrogen (secondary N) is 2. The number of thioether (sulfide) groups is 1. The van der Waals surface area contributed by atoms with Crippen LogP contribution in [0.4, 0.5) is 0 Å². The second-order valence-electron chi connectivity index (χ2n) is 15.9. The van der Waals surface area contributed by atoms with E-state index in [1.54, 1.807) is 0 Å². The first-order valence-electron chi connectivity index (χ1n) is 21.5. The van der Waals surface area contributed by atoms with E-state index in [2.05, 4.69) is 9.97 Å². The first-order valence-corrected chi connectivity index (χ1v) is 22.5. The van der Waals surface area contributed by atoms with Gasteiger partial charge < -0.3 is 35.0 Å². The minimum atomic E-state index is -1.07. The van der Waals surface area contributed by atoms with E-state index >= 15 is 0 Å². The minimum absolute atomic E-state index is 0.166. The van der Waals surface area contributed by atoms with Crippen LogP contribution >= 0.6 is 11.8 Å². The molecule has 68 heavy (non-hydrogen) atoms. The Hall–Kier alpha value is -8.92. The number of hydrogen-bond acceptors (Lipinski definition) is 12. The number of aliphatic carboxylic acids is 1. The molecule has 328 valence electrons. The molecule has 14 nitrogen and oxygen atoms in total. The van der Waals surface area contributed by atoms with E-state index in [0.717, 1.165) is 37.6 Å². The van der Waals surface area contributed by atoms with Gasteiger partial charge in [-0.05, 0) is 109 Å². The van der Waals surface area contributed by atoms with Crippen LogP contribution < -0.4 is 19.9 Å². The van der Waals surface area contributed by atoms with Gasteiger partial charge in [-0.1, -0.05) is 54.6 Å². The van der Waals surface area contributed by atoms with Crippen LogP contribution in [0.2, 0.25) is 0 Å². The molecule has 1 unspecified atom stereocenters. The number of nitrogens with zero attached hydrogens (tertiary/aromatic N) is 6. The fourth-order valence-electron chi connectivity index (χ4n) is 8.12. The molecule has 0 saturated heterocycles. The van der Waals surface area contributed by atoms with E-state index < -0.39 is 12.0 Å².